The highest BCUT2D eigenvalue weighted by Crippen LogP contribution is 2.32. The third-order valence-electron chi connectivity index (χ3n) is 7.94. The molecule has 4 rings (SSSR count). The molecule has 1 saturated carbocycles. The molecule has 1 fully saturated rings. The first-order valence-electron chi connectivity index (χ1n) is 13.9. The number of hydrogen-bond donors (Lipinski definition) is 2. The van der Waals surface area contributed by atoms with Gasteiger partial charge >= 0.3 is 0 Å². The van der Waals surface area contributed by atoms with Crippen LogP contribution in [0, 0.1) is 25.7 Å². The molecule has 1 aliphatic carbocycles. The zero-order chi connectivity index (χ0) is 28.3. The van der Waals surface area contributed by atoms with Gasteiger partial charge in [-0.05, 0) is 64.8 Å². The molecule has 10 nitrogen and oxygen atoms in total. The number of anilines is 1. The minimum Gasteiger partial charge on any atom is -0.488 e. The van der Waals surface area contributed by atoms with Crippen LogP contribution in [0.5, 0.6) is 5.75 Å². The van der Waals surface area contributed by atoms with E-state index in [4.69, 9.17) is 9.26 Å². The van der Waals surface area contributed by atoms with Crippen molar-refractivity contribution in [2.45, 2.75) is 76.8 Å². The van der Waals surface area contributed by atoms with Crippen molar-refractivity contribution >= 4 is 21.6 Å². The summed E-state index contributed by atoms with van der Waals surface area (Å²) in [6.07, 6.45) is 6.24. The number of aliphatic hydroxyl groups excluding tert-OH is 1. The summed E-state index contributed by atoms with van der Waals surface area (Å²) in [4.78, 5) is 17.7. The van der Waals surface area contributed by atoms with Crippen LogP contribution in [-0.4, -0.2) is 79.8 Å². The van der Waals surface area contributed by atoms with E-state index in [-0.39, 0.29) is 52.1 Å². The van der Waals surface area contributed by atoms with Crippen LogP contribution in [0.25, 0.3) is 0 Å². The van der Waals surface area contributed by atoms with E-state index >= 15 is 0 Å². The summed E-state index contributed by atoms with van der Waals surface area (Å²) >= 11 is 0. The van der Waals surface area contributed by atoms with Gasteiger partial charge in [-0.3, -0.25) is 9.52 Å². The molecule has 1 amide bonds. The average Bonchev–Trinajstić information content (AvgIpc) is 3.25. The molecule has 1 aromatic carbocycles. The lowest BCUT2D eigenvalue weighted by molar-refractivity contribution is 0.0330. The monoisotopic (exact) mass is 562 g/mol. The molecule has 2 aromatic rings. The first-order valence-corrected chi connectivity index (χ1v) is 15.3. The Labute approximate surface area is 231 Å². The van der Waals surface area contributed by atoms with Crippen LogP contribution in [0.3, 0.4) is 0 Å². The predicted molar refractivity (Wildman–Crippen MR) is 148 cm³/mol. The number of benzene rings is 1. The van der Waals surface area contributed by atoms with Gasteiger partial charge in [0.15, 0.2) is 10.7 Å². The Morgan fingerprint density at radius 3 is 2.56 bits per heavy atom. The summed E-state index contributed by atoms with van der Waals surface area (Å²) in [5, 5.41) is 13.7. The number of nitrogens with zero attached hydrogens (tertiary/aromatic N) is 3. The van der Waals surface area contributed by atoms with Crippen molar-refractivity contribution in [3.63, 3.8) is 0 Å². The van der Waals surface area contributed by atoms with Crippen molar-refractivity contribution in [2.75, 3.05) is 38.0 Å². The summed E-state index contributed by atoms with van der Waals surface area (Å²) in [6.45, 7) is 8.92. The number of fused-ring (bicyclic) bond motifs is 1. The predicted octanol–water partition coefficient (Wildman–Crippen LogP) is 3.82. The topological polar surface area (TPSA) is 125 Å². The van der Waals surface area contributed by atoms with E-state index in [1.165, 1.54) is 45.1 Å². The van der Waals surface area contributed by atoms with Crippen LogP contribution >= 0.6 is 0 Å². The fourth-order valence-corrected chi connectivity index (χ4v) is 7.14. The highest BCUT2D eigenvalue weighted by Gasteiger charge is 2.34. The van der Waals surface area contributed by atoms with Gasteiger partial charge in [0.2, 0.25) is 0 Å². The van der Waals surface area contributed by atoms with Gasteiger partial charge in [-0.1, -0.05) is 31.3 Å². The number of ether oxygens (including phenoxy) is 1. The van der Waals surface area contributed by atoms with Gasteiger partial charge in [0.05, 0.1) is 18.2 Å². The van der Waals surface area contributed by atoms with Gasteiger partial charge in [-0.2, -0.15) is 0 Å². The highest BCUT2D eigenvalue weighted by atomic mass is 32.2. The molecule has 2 N–H and O–H groups in total. The molecular formula is C28H42N4O6S. The summed E-state index contributed by atoms with van der Waals surface area (Å²) in [5.41, 5.74) is 0.728. The second-order valence-corrected chi connectivity index (χ2v) is 12.9. The van der Waals surface area contributed by atoms with Crippen LogP contribution < -0.4 is 9.46 Å². The third-order valence-corrected chi connectivity index (χ3v) is 9.56. The molecule has 2 aliphatic rings. The Morgan fingerprint density at radius 1 is 1.21 bits per heavy atom. The number of aryl methyl sites for hydroxylation is 2. The Balaban J connectivity index is 1.62. The number of hydrogen-bond acceptors (Lipinski definition) is 8. The SMILES string of the molecule is Cc1noc(C)c1S(=O)(=O)Nc1ccc2c(c1)C(=O)N([C@H](C)CO)C[C@H](C)[C@@H](CN(C)CC1CCCCC1)O2. The second-order valence-electron chi connectivity index (χ2n) is 11.3. The van der Waals surface area contributed by atoms with E-state index in [0.717, 1.165) is 6.54 Å². The molecule has 0 radical (unpaired) electrons. The second kappa shape index (κ2) is 12.3. The van der Waals surface area contributed by atoms with Gasteiger partial charge in [0.1, 0.15) is 17.5 Å². The third kappa shape index (κ3) is 6.75. The molecule has 1 aliphatic heterocycles. The molecule has 0 bridgehead atoms. The average molecular weight is 563 g/mol. The standard InChI is InChI=1S/C28H42N4O6S/c1-18-14-32(19(2)17-33)28(34)24-13-23(30-39(35,36)27-20(3)29-38-21(27)4)11-12-25(24)37-26(18)16-31(5)15-22-9-7-6-8-10-22/h11-13,18-19,22,26,30,33H,6-10,14-17H2,1-5H3/t18-,19+,26+/m0/s1. The number of rotatable bonds is 9. The molecule has 0 saturated heterocycles. The highest BCUT2D eigenvalue weighted by molar-refractivity contribution is 7.92. The first kappa shape index (κ1) is 29.4. The maximum absolute atomic E-state index is 13.7. The molecule has 3 atom stereocenters. The van der Waals surface area contributed by atoms with Crippen molar-refractivity contribution in [1.29, 1.82) is 0 Å². The van der Waals surface area contributed by atoms with Crippen molar-refractivity contribution < 1.29 is 27.6 Å². The number of nitrogens with one attached hydrogen (secondary N) is 1. The lowest BCUT2D eigenvalue weighted by Crippen LogP contribution is -2.50. The van der Waals surface area contributed by atoms with E-state index in [1.807, 2.05) is 0 Å². The summed E-state index contributed by atoms with van der Waals surface area (Å²) in [7, 11) is -1.87. The molecule has 1 aromatic heterocycles. The molecular weight excluding hydrogens is 520 g/mol. The minimum atomic E-state index is -3.99. The fraction of sp³-hybridized carbons (Fsp3) is 0.643. The van der Waals surface area contributed by atoms with Crippen molar-refractivity contribution in [1.82, 2.24) is 15.0 Å². The van der Waals surface area contributed by atoms with E-state index in [2.05, 4.69) is 28.8 Å². The number of carbonyl (C=O) groups is 1. The molecule has 0 unspecified atom stereocenters. The van der Waals surface area contributed by atoms with Crippen LogP contribution in [0.15, 0.2) is 27.6 Å². The van der Waals surface area contributed by atoms with Crippen molar-refractivity contribution in [3.8, 4) is 5.75 Å². The van der Waals surface area contributed by atoms with Gasteiger partial charge < -0.3 is 24.2 Å². The number of aromatic nitrogens is 1. The zero-order valence-corrected chi connectivity index (χ0v) is 24.5. The molecule has 11 heteroatoms. The Hall–Kier alpha value is -2.63. The molecule has 39 heavy (non-hydrogen) atoms. The largest absolute Gasteiger partial charge is 0.488 e. The minimum absolute atomic E-state index is 0.0163. The number of aliphatic hydroxyl groups is 1. The smallest absolute Gasteiger partial charge is 0.267 e. The molecule has 216 valence electrons. The maximum Gasteiger partial charge on any atom is 0.267 e. The van der Waals surface area contributed by atoms with Crippen molar-refractivity contribution in [3.05, 3.63) is 35.2 Å². The van der Waals surface area contributed by atoms with E-state index < -0.39 is 16.1 Å². The van der Waals surface area contributed by atoms with E-state index in [1.54, 1.807) is 30.9 Å². The van der Waals surface area contributed by atoms with Gasteiger partial charge in [-0.25, -0.2) is 8.42 Å². The van der Waals surface area contributed by atoms with Gasteiger partial charge in [0.25, 0.3) is 15.9 Å². The molecule has 2 heterocycles. The number of carbonyl (C=O) groups excluding carboxylic acids is 1. The van der Waals surface area contributed by atoms with Crippen molar-refractivity contribution in [2.24, 2.45) is 11.8 Å². The van der Waals surface area contributed by atoms with E-state index in [0.29, 0.717) is 24.8 Å². The first-order chi connectivity index (χ1) is 18.5. The summed E-state index contributed by atoms with van der Waals surface area (Å²) in [5.74, 6) is 0.981. The Morgan fingerprint density at radius 2 is 1.92 bits per heavy atom. The quantitative estimate of drug-likeness (QED) is 0.473. The normalized spacial score (nSPS) is 21.7. The maximum atomic E-state index is 13.7. The number of likely N-dealkylation sites (N-methyl/N-ethyl adjacent to an activating group) is 1. The van der Waals surface area contributed by atoms with E-state index in [9.17, 15) is 18.3 Å². The number of amides is 1. The van der Waals surface area contributed by atoms with Gasteiger partial charge in [0, 0.05) is 31.2 Å². The lowest BCUT2D eigenvalue weighted by Gasteiger charge is -2.38. The summed E-state index contributed by atoms with van der Waals surface area (Å²) < 4.78 is 40.3. The molecule has 0 spiro atoms. The summed E-state index contributed by atoms with van der Waals surface area (Å²) in [6, 6.07) is 4.33. The number of sulfonamides is 1. The zero-order valence-electron chi connectivity index (χ0n) is 23.6. The van der Waals surface area contributed by atoms with Crippen LogP contribution in [0.1, 0.15) is 67.8 Å². The van der Waals surface area contributed by atoms with Crippen LogP contribution in [0.2, 0.25) is 0 Å². The van der Waals surface area contributed by atoms with Crippen LogP contribution in [0.4, 0.5) is 5.69 Å². The lowest BCUT2D eigenvalue weighted by atomic mass is 9.89. The Kier molecular flexibility index (Phi) is 9.23. The van der Waals surface area contributed by atoms with Gasteiger partial charge in [-0.15, -0.1) is 0 Å². The fourth-order valence-electron chi connectivity index (χ4n) is 5.76. The Bertz CT molecular complexity index is 1240. The van der Waals surface area contributed by atoms with Crippen LogP contribution in [-0.2, 0) is 10.0 Å².